The molecule has 1 aliphatic carbocycles. The normalized spacial score (nSPS) is 26.4. The lowest BCUT2D eigenvalue weighted by Gasteiger charge is -2.13. The molecule has 0 saturated carbocycles. The molecular formula is C12H11NO7. The van der Waals surface area contributed by atoms with E-state index in [4.69, 9.17) is 14.6 Å². The highest BCUT2D eigenvalue weighted by Gasteiger charge is 2.49. The second kappa shape index (κ2) is 4.34. The van der Waals surface area contributed by atoms with Gasteiger partial charge in [0, 0.05) is 4.92 Å². The first-order chi connectivity index (χ1) is 9.49. The molecule has 0 unspecified atom stereocenters. The fraction of sp³-hybridized carbons (Fsp3) is 0.417. The molecule has 8 heteroatoms. The summed E-state index contributed by atoms with van der Waals surface area (Å²) in [5.41, 5.74) is 0.771. The largest absolute Gasteiger partial charge is 0.481 e. The fourth-order valence-electron chi connectivity index (χ4n) is 2.82. The monoisotopic (exact) mass is 281 g/mol. The number of carboxylic acid groups (broad SMARTS) is 1. The van der Waals surface area contributed by atoms with E-state index in [1.807, 2.05) is 0 Å². The van der Waals surface area contributed by atoms with Crippen LogP contribution in [0.25, 0.3) is 0 Å². The number of aliphatic hydroxyl groups is 1. The Bertz CT molecular complexity index is 600. The highest BCUT2D eigenvalue weighted by atomic mass is 16.7. The van der Waals surface area contributed by atoms with Crippen LogP contribution in [0.5, 0.6) is 11.5 Å². The van der Waals surface area contributed by atoms with Crippen molar-refractivity contribution in [2.45, 2.75) is 24.5 Å². The molecule has 2 N–H and O–H groups in total. The summed E-state index contributed by atoms with van der Waals surface area (Å²) in [6.07, 6.45) is -1.77. The first kappa shape index (κ1) is 12.7. The molecule has 1 aromatic rings. The number of carboxylic acids is 1. The second-order valence-electron chi connectivity index (χ2n) is 4.76. The van der Waals surface area contributed by atoms with Gasteiger partial charge >= 0.3 is 5.97 Å². The predicted molar refractivity (Wildman–Crippen MR) is 63.3 cm³/mol. The van der Waals surface area contributed by atoms with Crippen LogP contribution < -0.4 is 9.47 Å². The molecule has 0 saturated heterocycles. The Morgan fingerprint density at radius 1 is 1.35 bits per heavy atom. The van der Waals surface area contributed by atoms with Crippen molar-refractivity contribution in [3.05, 3.63) is 33.4 Å². The van der Waals surface area contributed by atoms with Crippen molar-refractivity contribution in [1.29, 1.82) is 0 Å². The minimum atomic E-state index is -1.37. The molecule has 1 heterocycles. The zero-order valence-corrected chi connectivity index (χ0v) is 10.2. The summed E-state index contributed by atoms with van der Waals surface area (Å²) in [5.74, 6) is -1.22. The number of nitro groups is 1. The molecule has 2 aliphatic rings. The van der Waals surface area contributed by atoms with Gasteiger partial charge in [0.2, 0.25) is 12.8 Å². The number of fused-ring (bicyclic) bond motifs is 2. The minimum Gasteiger partial charge on any atom is -0.481 e. The van der Waals surface area contributed by atoms with Gasteiger partial charge in [-0.25, -0.2) is 0 Å². The van der Waals surface area contributed by atoms with E-state index in [0.29, 0.717) is 22.6 Å². The summed E-state index contributed by atoms with van der Waals surface area (Å²) in [4.78, 5) is 21.4. The Hall–Kier alpha value is -2.35. The van der Waals surface area contributed by atoms with Gasteiger partial charge in [0.05, 0.1) is 12.3 Å². The maximum Gasteiger partial charge on any atom is 0.304 e. The fourth-order valence-corrected chi connectivity index (χ4v) is 2.82. The lowest BCUT2D eigenvalue weighted by Crippen LogP contribution is -2.29. The molecule has 1 aromatic carbocycles. The quantitative estimate of drug-likeness (QED) is 0.617. The van der Waals surface area contributed by atoms with Crippen molar-refractivity contribution in [3.63, 3.8) is 0 Å². The van der Waals surface area contributed by atoms with Gasteiger partial charge in [-0.1, -0.05) is 0 Å². The summed E-state index contributed by atoms with van der Waals surface area (Å²) in [6.45, 7) is 0.0383. The molecule has 1 aliphatic heterocycles. The summed E-state index contributed by atoms with van der Waals surface area (Å²) in [6, 6.07) is 1.64. The number of hydrogen-bond acceptors (Lipinski definition) is 6. The summed E-state index contributed by atoms with van der Waals surface area (Å²) in [5, 5.41) is 30.1. The highest BCUT2D eigenvalue weighted by molar-refractivity contribution is 5.69. The second-order valence-corrected chi connectivity index (χ2v) is 4.76. The van der Waals surface area contributed by atoms with Crippen molar-refractivity contribution in [2.75, 3.05) is 6.79 Å². The molecule has 8 nitrogen and oxygen atoms in total. The third kappa shape index (κ3) is 1.76. The van der Waals surface area contributed by atoms with Crippen molar-refractivity contribution in [2.24, 2.45) is 0 Å². The van der Waals surface area contributed by atoms with Crippen molar-refractivity contribution < 1.29 is 29.4 Å². The molecular weight excluding hydrogens is 270 g/mol. The van der Waals surface area contributed by atoms with Crippen molar-refractivity contribution in [1.82, 2.24) is 0 Å². The minimum absolute atomic E-state index is 0.0383. The molecule has 0 bridgehead atoms. The van der Waals surface area contributed by atoms with E-state index in [1.165, 1.54) is 12.1 Å². The van der Waals surface area contributed by atoms with Crippen LogP contribution in [0, 0.1) is 10.1 Å². The van der Waals surface area contributed by atoms with Crippen LogP contribution in [0.2, 0.25) is 0 Å². The van der Waals surface area contributed by atoms with E-state index >= 15 is 0 Å². The Balaban J connectivity index is 2.09. The van der Waals surface area contributed by atoms with E-state index in [2.05, 4.69) is 0 Å². The molecule has 0 radical (unpaired) electrons. The first-order valence-corrected chi connectivity index (χ1v) is 5.96. The predicted octanol–water partition coefficient (Wildman–Crippen LogP) is 0.666. The number of benzene rings is 1. The van der Waals surface area contributed by atoms with Crippen LogP contribution in [-0.2, 0) is 4.79 Å². The smallest absolute Gasteiger partial charge is 0.304 e. The number of nitrogens with zero attached hydrogens (tertiary/aromatic N) is 1. The Kier molecular flexibility index (Phi) is 2.75. The van der Waals surface area contributed by atoms with Gasteiger partial charge in [-0.05, 0) is 23.3 Å². The van der Waals surface area contributed by atoms with E-state index in [1.54, 1.807) is 0 Å². The number of hydrogen-bond donors (Lipinski definition) is 2. The molecule has 3 atom stereocenters. The number of aliphatic hydroxyl groups excluding tert-OH is 1. The van der Waals surface area contributed by atoms with E-state index in [-0.39, 0.29) is 6.79 Å². The number of carbonyl (C=O) groups is 1. The van der Waals surface area contributed by atoms with Gasteiger partial charge in [-0.15, -0.1) is 0 Å². The Labute approximate surface area is 112 Å². The third-order valence-corrected chi connectivity index (χ3v) is 3.67. The highest BCUT2D eigenvalue weighted by Crippen LogP contribution is 2.48. The maximum atomic E-state index is 11.1. The van der Waals surface area contributed by atoms with Crippen LogP contribution in [-0.4, -0.2) is 33.9 Å². The average Bonchev–Trinajstić information content (AvgIpc) is 2.90. The van der Waals surface area contributed by atoms with Gasteiger partial charge in [0.25, 0.3) is 0 Å². The number of ether oxygens (including phenoxy) is 2. The summed E-state index contributed by atoms with van der Waals surface area (Å²) < 4.78 is 10.4. The van der Waals surface area contributed by atoms with Crippen molar-refractivity contribution in [3.8, 4) is 11.5 Å². The van der Waals surface area contributed by atoms with Gasteiger partial charge in [-0.2, -0.15) is 0 Å². The van der Waals surface area contributed by atoms with Gasteiger partial charge in [0.15, 0.2) is 11.5 Å². The summed E-state index contributed by atoms with van der Waals surface area (Å²) >= 11 is 0. The van der Waals surface area contributed by atoms with Crippen LogP contribution in [0.3, 0.4) is 0 Å². The lowest BCUT2D eigenvalue weighted by molar-refractivity contribution is -0.537. The summed E-state index contributed by atoms with van der Waals surface area (Å²) in [7, 11) is 0. The molecule has 106 valence electrons. The third-order valence-electron chi connectivity index (χ3n) is 3.67. The zero-order valence-electron chi connectivity index (χ0n) is 10.2. The van der Waals surface area contributed by atoms with Crippen LogP contribution in [0.15, 0.2) is 12.1 Å². The standard InChI is InChI=1S/C12H11NO7/c14-10(15)3-6-5-1-8-9(20-4-19-8)2-7(5)12(16)11(6)13(17)18/h1-2,6,11-12,16H,3-4H2,(H,14,15)/t6-,11+,12+/m1/s1. The van der Waals surface area contributed by atoms with E-state index in [9.17, 15) is 20.0 Å². The Morgan fingerprint density at radius 3 is 2.50 bits per heavy atom. The lowest BCUT2D eigenvalue weighted by atomic mass is 9.94. The molecule has 0 aromatic heterocycles. The van der Waals surface area contributed by atoms with E-state index < -0.39 is 35.4 Å². The maximum absolute atomic E-state index is 11.1. The number of rotatable bonds is 3. The SMILES string of the molecule is O=C(O)C[C@@H]1c2cc3c(cc2[C@H](O)[C@H]1[N+](=O)[O-])OCO3. The Morgan fingerprint density at radius 2 is 1.95 bits per heavy atom. The van der Waals surface area contributed by atoms with Gasteiger partial charge < -0.3 is 19.7 Å². The van der Waals surface area contributed by atoms with Crippen LogP contribution in [0.1, 0.15) is 29.6 Å². The first-order valence-electron chi connectivity index (χ1n) is 5.96. The molecule has 20 heavy (non-hydrogen) atoms. The molecule has 3 rings (SSSR count). The molecule has 0 spiro atoms. The molecule has 0 fully saturated rings. The van der Waals surface area contributed by atoms with Crippen molar-refractivity contribution >= 4 is 5.97 Å². The molecule has 0 amide bonds. The topological polar surface area (TPSA) is 119 Å². The van der Waals surface area contributed by atoms with Gasteiger partial charge in [0.1, 0.15) is 6.10 Å². The number of aliphatic carboxylic acids is 1. The average molecular weight is 281 g/mol. The van der Waals surface area contributed by atoms with Crippen LogP contribution >= 0.6 is 0 Å². The van der Waals surface area contributed by atoms with Crippen LogP contribution in [0.4, 0.5) is 0 Å². The zero-order chi connectivity index (χ0) is 14.4. The van der Waals surface area contributed by atoms with Gasteiger partial charge in [-0.3, -0.25) is 14.9 Å². The van der Waals surface area contributed by atoms with E-state index in [0.717, 1.165) is 0 Å².